The third-order valence-electron chi connectivity index (χ3n) is 3.98. The van der Waals surface area contributed by atoms with E-state index in [0.717, 1.165) is 5.56 Å². The Labute approximate surface area is 131 Å². The van der Waals surface area contributed by atoms with Gasteiger partial charge in [0.1, 0.15) is 30.2 Å². The molecule has 0 spiro atoms. The lowest BCUT2D eigenvalue weighted by Gasteiger charge is -2.40. The van der Waals surface area contributed by atoms with E-state index in [0.29, 0.717) is 5.76 Å². The maximum Gasteiger partial charge on any atom is 0.335 e. The van der Waals surface area contributed by atoms with Gasteiger partial charge in [0.2, 0.25) is 0 Å². The molecule has 4 N–H and O–H groups in total. The Morgan fingerprint density at radius 2 is 1.96 bits per heavy atom. The molecule has 1 aliphatic heterocycles. The zero-order valence-corrected chi connectivity index (χ0v) is 12.1. The van der Waals surface area contributed by atoms with Crippen LogP contribution in [0.25, 0.3) is 6.08 Å². The summed E-state index contributed by atoms with van der Waals surface area (Å²) in [6, 6.07) is 2.96. The highest BCUT2D eigenvalue weighted by Crippen LogP contribution is 2.26. The van der Waals surface area contributed by atoms with Gasteiger partial charge in [-0.3, -0.25) is 0 Å². The van der Waals surface area contributed by atoms with Crippen LogP contribution in [-0.2, 0) is 15.9 Å². The summed E-state index contributed by atoms with van der Waals surface area (Å²) < 4.78 is 16.0. The predicted octanol–water partition coefficient (Wildman–Crippen LogP) is -1.61. The molecule has 1 fully saturated rings. The number of hydrogen-bond donors (Lipinski definition) is 4. The minimum atomic E-state index is -1.50. The summed E-state index contributed by atoms with van der Waals surface area (Å²) in [6.45, 7) is -0.525. The average molecular weight is 326 g/mol. The molecule has 8 nitrogen and oxygen atoms in total. The number of hydrogen-bond acceptors (Lipinski definition) is 8. The van der Waals surface area contributed by atoms with E-state index in [4.69, 9.17) is 19.0 Å². The van der Waals surface area contributed by atoms with Crippen molar-refractivity contribution < 1.29 is 34.3 Å². The zero-order chi connectivity index (χ0) is 16.6. The Hall–Kier alpha value is -1.55. The fourth-order valence-corrected chi connectivity index (χ4v) is 2.68. The number of aliphatic hydroxyl groups is 4. The van der Waals surface area contributed by atoms with E-state index in [2.05, 4.69) is 0 Å². The fourth-order valence-electron chi connectivity index (χ4n) is 2.68. The molecule has 1 aliphatic carbocycles. The largest absolute Gasteiger partial charge is 0.427 e. The first-order valence-electron chi connectivity index (χ1n) is 7.27. The van der Waals surface area contributed by atoms with E-state index >= 15 is 0 Å². The third kappa shape index (κ3) is 3.23. The monoisotopic (exact) mass is 326 g/mol. The van der Waals surface area contributed by atoms with Gasteiger partial charge in [-0.25, -0.2) is 4.79 Å². The first-order chi connectivity index (χ1) is 11.0. The summed E-state index contributed by atoms with van der Waals surface area (Å²) in [4.78, 5) is 11.3. The van der Waals surface area contributed by atoms with Crippen LogP contribution in [0.3, 0.4) is 0 Å². The Kier molecular flexibility index (Phi) is 4.62. The highest BCUT2D eigenvalue weighted by atomic mass is 16.7. The first kappa shape index (κ1) is 16.3. The molecule has 2 aliphatic rings. The average Bonchev–Trinajstić information content (AvgIpc) is 2.55. The van der Waals surface area contributed by atoms with Gasteiger partial charge in [-0.2, -0.15) is 0 Å². The van der Waals surface area contributed by atoms with Crippen LogP contribution in [-0.4, -0.2) is 63.8 Å². The van der Waals surface area contributed by atoms with Crippen molar-refractivity contribution in [3.05, 3.63) is 40.0 Å². The van der Waals surface area contributed by atoms with Gasteiger partial charge >= 0.3 is 5.63 Å². The molecule has 0 saturated carbocycles. The lowest BCUT2D eigenvalue weighted by Crippen LogP contribution is -2.59. The van der Waals surface area contributed by atoms with E-state index in [1.165, 1.54) is 6.07 Å². The van der Waals surface area contributed by atoms with Gasteiger partial charge < -0.3 is 34.3 Å². The molecular weight excluding hydrogens is 308 g/mol. The maximum absolute atomic E-state index is 11.3. The van der Waals surface area contributed by atoms with E-state index < -0.39 is 49.0 Å². The molecule has 0 bridgehead atoms. The molecule has 2 heterocycles. The Balaban J connectivity index is 1.71. The van der Waals surface area contributed by atoms with Crippen LogP contribution >= 0.6 is 0 Å². The first-order valence-corrected chi connectivity index (χ1v) is 7.27. The Bertz CT molecular complexity index is 637. The summed E-state index contributed by atoms with van der Waals surface area (Å²) in [5, 5.41) is 38.6. The number of rotatable bonds is 3. The van der Waals surface area contributed by atoms with Crippen LogP contribution in [0.2, 0.25) is 0 Å². The van der Waals surface area contributed by atoms with Crippen molar-refractivity contribution in [2.24, 2.45) is 0 Å². The molecule has 3 rings (SSSR count). The molecule has 0 amide bonds. The molecule has 23 heavy (non-hydrogen) atoms. The normalized spacial score (nSPS) is 36.7. The SMILES string of the molecule is O=c1ccc2c(o1)CC(O[C@@H]1O[C@H](CO)[C@@H](O)[C@H](O)[C@H]1O)C=C2. The summed E-state index contributed by atoms with van der Waals surface area (Å²) in [5.41, 5.74) is 0.295. The minimum absolute atomic E-state index is 0.261. The minimum Gasteiger partial charge on any atom is -0.427 e. The van der Waals surface area contributed by atoms with Crippen molar-refractivity contribution in [1.82, 2.24) is 0 Å². The fraction of sp³-hybridized carbons (Fsp3) is 0.533. The Morgan fingerprint density at radius 1 is 1.17 bits per heavy atom. The molecule has 8 heteroatoms. The predicted molar refractivity (Wildman–Crippen MR) is 76.4 cm³/mol. The highest BCUT2D eigenvalue weighted by molar-refractivity contribution is 5.54. The van der Waals surface area contributed by atoms with Crippen LogP contribution in [0.1, 0.15) is 11.3 Å². The quantitative estimate of drug-likeness (QED) is 0.522. The van der Waals surface area contributed by atoms with Crippen LogP contribution in [0, 0.1) is 0 Å². The standard InChI is InChI=1S/C15H18O8/c16-6-10-12(18)13(19)14(20)15(23-10)21-8-3-1-7-2-4-11(17)22-9(7)5-8/h1-4,8,10,12-16,18-20H,5-6H2/t8?,10-,12-,13+,14-,15-/m1/s1. The van der Waals surface area contributed by atoms with Crippen LogP contribution in [0.4, 0.5) is 0 Å². The molecule has 1 aromatic rings. The second-order valence-electron chi connectivity index (χ2n) is 5.57. The topological polar surface area (TPSA) is 130 Å². The number of fused-ring (bicyclic) bond motifs is 1. The Morgan fingerprint density at radius 3 is 2.70 bits per heavy atom. The van der Waals surface area contributed by atoms with Crippen molar-refractivity contribution in [2.75, 3.05) is 6.61 Å². The second-order valence-corrected chi connectivity index (χ2v) is 5.57. The summed E-state index contributed by atoms with van der Waals surface area (Å²) in [5.74, 6) is 0.453. The van der Waals surface area contributed by atoms with Gasteiger partial charge in [0, 0.05) is 18.1 Å². The van der Waals surface area contributed by atoms with Crippen molar-refractivity contribution in [3.63, 3.8) is 0 Å². The number of aliphatic hydroxyl groups excluding tert-OH is 4. The summed E-state index contributed by atoms with van der Waals surface area (Å²) in [6.07, 6.45) is -3.51. The molecule has 6 atom stereocenters. The van der Waals surface area contributed by atoms with Crippen molar-refractivity contribution >= 4 is 6.08 Å². The second kappa shape index (κ2) is 6.52. The van der Waals surface area contributed by atoms with Gasteiger partial charge in [-0.1, -0.05) is 12.2 Å². The summed E-state index contributed by atoms with van der Waals surface area (Å²) >= 11 is 0. The van der Waals surface area contributed by atoms with Gasteiger partial charge in [-0.05, 0) is 6.07 Å². The zero-order valence-electron chi connectivity index (χ0n) is 12.1. The van der Waals surface area contributed by atoms with Gasteiger partial charge in [0.05, 0.1) is 12.7 Å². The molecular formula is C15H18O8. The molecule has 0 aromatic carbocycles. The van der Waals surface area contributed by atoms with Crippen molar-refractivity contribution in [1.29, 1.82) is 0 Å². The van der Waals surface area contributed by atoms with Gasteiger partial charge in [-0.15, -0.1) is 0 Å². The molecule has 126 valence electrons. The number of ether oxygens (including phenoxy) is 2. The van der Waals surface area contributed by atoms with E-state index in [1.807, 2.05) is 0 Å². The summed E-state index contributed by atoms with van der Waals surface area (Å²) in [7, 11) is 0. The van der Waals surface area contributed by atoms with Crippen LogP contribution in [0.15, 0.2) is 27.4 Å². The van der Waals surface area contributed by atoms with Crippen molar-refractivity contribution in [3.8, 4) is 0 Å². The molecule has 1 saturated heterocycles. The molecule has 1 unspecified atom stereocenters. The van der Waals surface area contributed by atoms with Crippen LogP contribution < -0.4 is 5.63 Å². The highest BCUT2D eigenvalue weighted by Gasteiger charge is 2.44. The third-order valence-corrected chi connectivity index (χ3v) is 3.98. The van der Waals surface area contributed by atoms with E-state index in [-0.39, 0.29) is 6.42 Å². The van der Waals surface area contributed by atoms with Crippen molar-refractivity contribution in [2.45, 2.75) is 43.2 Å². The van der Waals surface area contributed by atoms with E-state index in [1.54, 1.807) is 18.2 Å². The maximum atomic E-state index is 11.3. The van der Waals surface area contributed by atoms with Crippen LogP contribution in [0.5, 0.6) is 0 Å². The van der Waals surface area contributed by atoms with Gasteiger partial charge in [0.25, 0.3) is 0 Å². The lowest BCUT2D eigenvalue weighted by molar-refractivity contribution is -0.307. The molecule has 1 aromatic heterocycles. The van der Waals surface area contributed by atoms with Gasteiger partial charge in [0.15, 0.2) is 6.29 Å². The smallest absolute Gasteiger partial charge is 0.335 e. The molecule has 0 radical (unpaired) electrons. The lowest BCUT2D eigenvalue weighted by atomic mass is 9.98. The van der Waals surface area contributed by atoms with E-state index in [9.17, 15) is 20.1 Å².